The van der Waals surface area contributed by atoms with Crippen molar-refractivity contribution in [1.29, 1.82) is 0 Å². The molecule has 10 heteroatoms. The van der Waals surface area contributed by atoms with Crippen molar-refractivity contribution in [3.63, 3.8) is 0 Å². The highest BCUT2D eigenvalue weighted by molar-refractivity contribution is 6.04. The second kappa shape index (κ2) is 9.91. The summed E-state index contributed by atoms with van der Waals surface area (Å²) in [5.74, 6) is -3.35. The van der Waals surface area contributed by atoms with Gasteiger partial charge in [0.25, 0.3) is 5.79 Å². The molecule has 3 fully saturated rings. The molecule has 0 bridgehead atoms. The average molecular weight is 543 g/mol. The first-order valence-corrected chi connectivity index (χ1v) is 12.8. The molecule has 39 heavy (non-hydrogen) atoms. The normalized spacial score (nSPS) is 24.7. The van der Waals surface area contributed by atoms with Crippen LogP contribution in [0.1, 0.15) is 49.7 Å². The summed E-state index contributed by atoms with van der Waals surface area (Å²) in [5.41, 5.74) is -0.440. The van der Waals surface area contributed by atoms with Crippen LogP contribution in [0.25, 0.3) is 0 Å². The Morgan fingerprint density at radius 3 is 1.46 bits per heavy atom. The van der Waals surface area contributed by atoms with Crippen molar-refractivity contribution in [3.05, 3.63) is 47.5 Å². The van der Waals surface area contributed by atoms with E-state index in [1.807, 2.05) is 12.1 Å². The van der Waals surface area contributed by atoms with Gasteiger partial charge < -0.3 is 37.9 Å². The largest absolute Gasteiger partial charge is 0.493 e. The molecule has 2 spiro atoms. The molecule has 1 aliphatic carbocycles. The van der Waals surface area contributed by atoms with E-state index in [1.54, 1.807) is 52.3 Å². The Morgan fingerprint density at radius 1 is 0.667 bits per heavy atom. The number of carbonyl (C=O) groups excluding carboxylic acids is 2. The molecule has 10 nitrogen and oxygen atoms in total. The summed E-state index contributed by atoms with van der Waals surface area (Å²) in [6.07, 6.45) is 0.438. The highest BCUT2D eigenvalue weighted by Crippen LogP contribution is 2.63. The summed E-state index contributed by atoms with van der Waals surface area (Å²) < 4.78 is 46.0. The molecule has 0 radical (unpaired) electrons. The minimum Gasteiger partial charge on any atom is -0.493 e. The first-order chi connectivity index (χ1) is 18.6. The van der Waals surface area contributed by atoms with Crippen molar-refractivity contribution in [3.8, 4) is 23.0 Å². The molecule has 5 rings (SSSR count). The van der Waals surface area contributed by atoms with Crippen LogP contribution in [0, 0.1) is 5.41 Å². The SMILES string of the molecule is COc1ccc([C@H]2CC3(C[C@@H](c4ccc(OC)c(OC)c4)C24C(=O)OC(C)(C)OC4=O)OCCO3)cc1OC. The van der Waals surface area contributed by atoms with Crippen molar-refractivity contribution in [2.24, 2.45) is 5.41 Å². The van der Waals surface area contributed by atoms with Crippen LogP contribution >= 0.6 is 0 Å². The maximum absolute atomic E-state index is 14.2. The van der Waals surface area contributed by atoms with Crippen LogP contribution in [0.3, 0.4) is 0 Å². The van der Waals surface area contributed by atoms with Crippen molar-refractivity contribution < 1.29 is 47.5 Å². The predicted octanol–water partition coefficient (Wildman–Crippen LogP) is 3.95. The summed E-state index contributed by atoms with van der Waals surface area (Å²) in [7, 11) is 6.14. The lowest BCUT2D eigenvalue weighted by atomic mass is 9.54. The molecule has 0 N–H and O–H groups in total. The number of benzene rings is 2. The van der Waals surface area contributed by atoms with Crippen LogP contribution in [-0.4, -0.2) is 65.2 Å². The van der Waals surface area contributed by atoms with Crippen molar-refractivity contribution >= 4 is 11.9 Å². The van der Waals surface area contributed by atoms with E-state index >= 15 is 0 Å². The lowest BCUT2D eigenvalue weighted by Gasteiger charge is -2.54. The zero-order valence-electron chi connectivity index (χ0n) is 23.0. The Morgan fingerprint density at radius 2 is 1.08 bits per heavy atom. The van der Waals surface area contributed by atoms with Gasteiger partial charge in [0.1, 0.15) is 0 Å². The Hall–Kier alpha value is -3.50. The quantitative estimate of drug-likeness (QED) is 0.393. The number of esters is 2. The second-order valence-corrected chi connectivity index (χ2v) is 10.4. The molecule has 2 aromatic carbocycles. The third-order valence-corrected chi connectivity index (χ3v) is 7.92. The second-order valence-electron chi connectivity index (χ2n) is 10.4. The van der Waals surface area contributed by atoms with Gasteiger partial charge in [-0.2, -0.15) is 0 Å². The van der Waals surface area contributed by atoms with Crippen molar-refractivity contribution in [2.45, 2.75) is 50.1 Å². The number of methoxy groups -OCH3 is 4. The van der Waals surface area contributed by atoms with E-state index in [4.69, 9.17) is 37.9 Å². The number of carbonyl (C=O) groups is 2. The molecule has 0 unspecified atom stereocenters. The summed E-state index contributed by atoms with van der Waals surface area (Å²) >= 11 is 0. The first kappa shape index (κ1) is 27.1. The Balaban J connectivity index is 1.76. The van der Waals surface area contributed by atoms with Crippen LogP contribution in [-0.2, 0) is 28.5 Å². The third kappa shape index (κ3) is 4.35. The summed E-state index contributed by atoms with van der Waals surface area (Å²) in [5, 5.41) is 0. The van der Waals surface area contributed by atoms with Gasteiger partial charge in [0.15, 0.2) is 34.2 Å². The van der Waals surface area contributed by atoms with E-state index in [-0.39, 0.29) is 12.8 Å². The maximum Gasteiger partial charge on any atom is 0.328 e. The molecule has 3 aliphatic rings. The van der Waals surface area contributed by atoms with E-state index in [1.165, 1.54) is 14.2 Å². The predicted molar refractivity (Wildman–Crippen MR) is 137 cm³/mol. The molecule has 0 aromatic heterocycles. The van der Waals surface area contributed by atoms with E-state index in [0.29, 0.717) is 47.3 Å². The van der Waals surface area contributed by atoms with Gasteiger partial charge in [0.05, 0.1) is 41.7 Å². The van der Waals surface area contributed by atoms with Gasteiger partial charge in [-0.3, -0.25) is 9.59 Å². The number of rotatable bonds is 6. The molecular formula is C29H34O10. The number of ether oxygens (including phenoxy) is 8. The fourth-order valence-electron chi connectivity index (χ4n) is 6.19. The Kier molecular flexibility index (Phi) is 6.88. The molecule has 2 saturated heterocycles. The Labute approximate surface area is 227 Å². The fraction of sp³-hybridized carbons (Fsp3) is 0.517. The highest BCUT2D eigenvalue weighted by Gasteiger charge is 2.70. The van der Waals surface area contributed by atoms with Crippen LogP contribution in [0.4, 0.5) is 0 Å². The zero-order valence-corrected chi connectivity index (χ0v) is 23.0. The number of hydrogen-bond donors (Lipinski definition) is 0. The van der Waals surface area contributed by atoms with Crippen LogP contribution in [0.15, 0.2) is 36.4 Å². The maximum atomic E-state index is 14.2. The van der Waals surface area contributed by atoms with E-state index < -0.39 is 40.8 Å². The number of cyclic esters (lactones) is 2. The minimum atomic E-state index is -1.75. The van der Waals surface area contributed by atoms with Gasteiger partial charge >= 0.3 is 11.9 Å². The highest BCUT2D eigenvalue weighted by atomic mass is 16.8. The lowest BCUT2D eigenvalue weighted by Crippen LogP contribution is -2.63. The fourth-order valence-corrected chi connectivity index (χ4v) is 6.19. The summed E-state index contributed by atoms with van der Waals surface area (Å²) in [6.45, 7) is 3.87. The molecule has 1 saturated carbocycles. The van der Waals surface area contributed by atoms with E-state index in [0.717, 1.165) is 0 Å². The van der Waals surface area contributed by atoms with Gasteiger partial charge in [-0.25, -0.2) is 0 Å². The van der Waals surface area contributed by atoms with Gasteiger partial charge in [-0.1, -0.05) is 12.1 Å². The average Bonchev–Trinajstić information content (AvgIpc) is 3.37. The minimum absolute atomic E-state index is 0.219. The first-order valence-electron chi connectivity index (χ1n) is 12.8. The zero-order chi connectivity index (χ0) is 28.0. The number of hydrogen-bond acceptors (Lipinski definition) is 10. The monoisotopic (exact) mass is 542 g/mol. The van der Waals surface area contributed by atoms with Gasteiger partial charge in [0, 0.05) is 38.5 Å². The van der Waals surface area contributed by atoms with Crippen LogP contribution in [0.5, 0.6) is 23.0 Å². The van der Waals surface area contributed by atoms with Gasteiger partial charge in [0.2, 0.25) is 0 Å². The van der Waals surface area contributed by atoms with Crippen molar-refractivity contribution in [2.75, 3.05) is 41.7 Å². The summed E-state index contributed by atoms with van der Waals surface area (Å²) in [4.78, 5) is 28.4. The topological polar surface area (TPSA) is 108 Å². The smallest absolute Gasteiger partial charge is 0.328 e. The standard InChI is InChI=1S/C29H34O10/c1-27(2)38-25(30)29(26(31)39-27)19(17-7-9-21(32-3)23(13-17)34-5)15-28(36-11-12-37-28)16-20(29)18-8-10-22(33-4)24(14-18)35-6/h7-10,13-14,19-20H,11-12,15-16H2,1-6H3/t19-,20+. The van der Waals surface area contributed by atoms with Gasteiger partial charge in [-0.15, -0.1) is 0 Å². The van der Waals surface area contributed by atoms with Crippen molar-refractivity contribution in [1.82, 2.24) is 0 Å². The van der Waals surface area contributed by atoms with E-state index in [2.05, 4.69) is 0 Å². The molecule has 2 aliphatic heterocycles. The molecule has 210 valence electrons. The van der Waals surface area contributed by atoms with Crippen LogP contribution < -0.4 is 18.9 Å². The van der Waals surface area contributed by atoms with Crippen LogP contribution in [0.2, 0.25) is 0 Å². The molecule has 2 heterocycles. The van der Waals surface area contributed by atoms with Gasteiger partial charge in [-0.05, 0) is 35.4 Å². The molecule has 2 atom stereocenters. The summed E-state index contributed by atoms with van der Waals surface area (Å²) in [6, 6.07) is 10.7. The third-order valence-electron chi connectivity index (χ3n) is 7.92. The Bertz CT molecular complexity index is 1170. The molecule has 2 aromatic rings. The lowest BCUT2D eigenvalue weighted by molar-refractivity contribution is -0.268. The molecule has 0 amide bonds. The van der Waals surface area contributed by atoms with E-state index in [9.17, 15) is 9.59 Å². The molecular weight excluding hydrogens is 508 g/mol.